The quantitative estimate of drug-likeness (QED) is 0.882. The molecule has 1 unspecified atom stereocenters. The summed E-state index contributed by atoms with van der Waals surface area (Å²) in [6, 6.07) is 8.48. The summed E-state index contributed by atoms with van der Waals surface area (Å²) in [7, 11) is 0. The highest BCUT2D eigenvalue weighted by molar-refractivity contribution is 6.04. The smallest absolute Gasteiger partial charge is 0.179 e. The second kappa shape index (κ2) is 7.47. The first kappa shape index (κ1) is 18.0. The summed E-state index contributed by atoms with van der Waals surface area (Å²) >= 11 is 0. The predicted molar refractivity (Wildman–Crippen MR) is 95.6 cm³/mol. The Morgan fingerprint density at radius 2 is 2.00 bits per heavy atom. The highest BCUT2D eigenvalue weighted by atomic mass is 35.5. The van der Waals surface area contributed by atoms with E-state index < -0.39 is 6.10 Å². The Bertz CT molecular complexity index is 694. The maximum Gasteiger partial charge on any atom is 0.179 e. The van der Waals surface area contributed by atoms with Crippen molar-refractivity contribution >= 4 is 29.1 Å². The van der Waals surface area contributed by atoms with Gasteiger partial charge in [-0.3, -0.25) is 4.79 Å². The van der Waals surface area contributed by atoms with Crippen LogP contribution in [-0.4, -0.2) is 34.1 Å². The van der Waals surface area contributed by atoms with Crippen LogP contribution in [-0.2, 0) is 13.0 Å². The van der Waals surface area contributed by atoms with Crippen LogP contribution in [0.25, 0.3) is 10.9 Å². The zero-order valence-corrected chi connectivity index (χ0v) is 14.5. The van der Waals surface area contributed by atoms with E-state index in [2.05, 4.69) is 25.2 Å². The average molecular weight is 337 g/mol. The number of aromatic nitrogens is 1. The largest absolute Gasteiger partial charge is 0.390 e. The van der Waals surface area contributed by atoms with E-state index in [9.17, 15) is 9.90 Å². The summed E-state index contributed by atoms with van der Waals surface area (Å²) in [5, 5.41) is 14.7. The standard InChI is InChI=1S/C18H24N2O2.ClH/c1-12(2)19-10-13(21)11-20-16-8-4-3-6-14(16)15-7-5-9-17(22)18(15)20;/h3-4,6,8,12-13,19,21H,5,7,9-11H2,1-2H3;1H. The summed E-state index contributed by atoms with van der Waals surface area (Å²) in [6.45, 7) is 5.11. The van der Waals surface area contributed by atoms with Crippen molar-refractivity contribution in [3.63, 3.8) is 0 Å². The Kier molecular flexibility index (Phi) is 5.84. The molecule has 1 aliphatic rings. The van der Waals surface area contributed by atoms with Gasteiger partial charge in [-0.25, -0.2) is 0 Å². The number of rotatable bonds is 5. The fraction of sp³-hybridized carbons (Fsp3) is 0.500. The van der Waals surface area contributed by atoms with Crippen LogP contribution in [0.1, 0.15) is 42.7 Å². The van der Waals surface area contributed by atoms with Crippen LogP contribution in [0, 0.1) is 0 Å². The molecule has 1 atom stereocenters. The van der Waals surface area contributed by atoms with Crippen molar-refractivity contribution in [1.29, 1.82) is 0 Å². The van der Waals surface area contributed by atoms with Crippen molar-refractivity contribution in [2.45, 2.75) is 51.8 Å². The molecule has 3 rings (SSSR count). The molecule has 0 radical (unpaired) electrons. The molecule has 1 aromatic heterocycles. The van der Waals surface area contributed by atoms with Gasteiger partial charge in [0.25, 0.3) is 0 Å². The molecule has 1 aromatic carbocycles. The number of Topliss-reactive ketones (excluding diaryl/α,β-unsaturated/α-hetero) is 1. The van der Waals surface area contributed by atoms with E-state index in [0.29, 0.717) is 25.6 Å². The number of hydrogen-bond acceptors (Lipinski definition) is 3. The summed E-state index contributed by atoms with van der Waals surface area (Å²) in [5.41, 5.74) is 3.04. The first-order chi connectivity index (χ1) is 10.6. The molecule has 0 spiro atoms. The summed E-state index contributed by atoms with van der Waals surface area (Å²) in [4.78, 5) is 12.4. The molecule has 4 nitrogen and oxygen atoms in total. The van der Waals surface area contributed by atoms with Gasteiger partial charge in [-0.2, -0.15) is 0 Å². The van der Waals surface area contributed by atoms with Crippen molar-refractivity contribution in [1.82, 2.24) is 9.88 Å². The molecule has 0 saturated heterocycles. The van der Waals surface area contributed by atoms with Crippen LogP contribution in [0.4, 0.5) is 0 Å². The van der Waals surface area contributed by atoms with E-state index in [0.717, 1.165) is 35.0 Å². The molecule has 0 saturated carbocycles. The van der Waals surface area contributed by atoms with Gasteiger partial charge in [0.15, 0.2) is 5.78 Å². The fourth-order valence-corrected chi connectivity index (χ4v) is 3.33. The molecule has 2 aromatic rings. The number of aryl methyl sites for hydroxylation is 1. The van der Waals surface area contributed by atoms with E-state index in [1.54, 1.807) is 0 Å². The number of aliphatic hydroxyl groups is 1. The number of carbonyl (C=O) groups is 1. The van der Waals surface area contributed by atoms with Crippen LogP contribution in [0.3, 0.4) is 0 Å². The molecule has 23 heavy (non-hydrogen) atoms. The third-order valence-corrected chi connectivity index (χ3v) is 4.33. The van der Waals surface area contributed by atoms with E-state index >= 15 is 0 Å². The van der Waals surface area contributed by atoms with Gasteiger partial charge >= 0.3 is 0 Å². The second-order valence-corrected chi connectivity index (χ2v) is 6.45. The normalized spacial score (nSPS) is 15.6. The lowest BCUT2D eigenvalue weighted by Crippen LogP contribution is -2.35. The van der Waals surface area contributed by atoms with Gasteiger partial charge in [0, 0.05) is 29.9 Å². The number of halogens is 1. The Morgan fingerprint density at radius 3 is 2.74 bits per heavy atom. The zero-order valence-electron chi connectivity index (χ0n) is 13.7. The van der Waals surface area contributed by atoms with Gasteiger partial charge in [-0.1, -0.05) is 32.0 Å². The Hall–Kier alpha value is -1.36. The minimum atomic E-state index is -0.503. The number of para-hydroxylation sites is 1. The van der Waals surface area contributed by atoms with Crippen LogP contribution in [0.2, 0.25) is 0 Å². The molecule has 5 heteroatoms. The van der Waals surface area contributed by atoms with Gasteiger partial charge in [-0.05, 0) is 24.5 Å². The van der Waals surface area contributed by atoms with Crippen LogP contribution < -0.4 is 5.32 Å². The molecule has 1 heterocycles. The topological polar surface area (TPSA) is 54.3 Å². The van der Waals surface area contributed by atoms with Gasteiger partial charge < -0.3 is 15.0 Å². The van der Waals surface area contributed by atoms with Crippen molar-refractivity contribution in [3.8, 4) is 0 Å². The monoisotopic (exact) mass is 336 g/mol. The number of fused-ring (bicyclic) bond motifs is 3. The summed E-state index contributed by atoms with van der Waals surface area (Å²) in [5.74, 6) is 0.210. The van der Waals surface area contributed by atoms with Crippen LogP contribution in [0.5, 0.6) is 0 Å². The molecule has 126 valence electrons. The molecular formula is C18H25ClN2O2. The summed E-state index contributed by atoms with van der Waals surface area (Å²) < 4.78 is 2.03. The lowest BCUT2D eigenvalue weighted by molar-refractivity contribution is 0.0956. The Morgan fingerprint density at radius 1 is 1.26 bits per heavy atom. The van der Waals surface area contributed by atoms with Crippen LogP contribution in [0.15, 0.2) is 24.3 Å². The lowest BCUT2D eigenvalue weighted by Gasteiger charge is -2.19. The van der Waals surface area contributed by atoms with Gasteiger partial charge in [0.05, 0.1) is 18.3 Å². The van der Waals surface area contributed by atoms with Crippen molar-refractivity contribution in [3.05, 3.63) is 35.5 Å². The number of nitrogens with zero attached hydrogens (tertiary/aromatic N) is 1. The zero-order chi connectivity index (χ0) is 15.7. The number of ketones is 1. The van der Waals surface area contributed by atoms with Crippen molar-refractivity contribution in [2.24, 2.45) is 0 Å². The molecule has 0 aliphatic heterocycles. The maximum atomic E-state index is 12.4. The summed E-state index contributed by atoms with van der Waals surface area (Å²) in [6.07, 6.45) is 1.99. The van der Waals surface area contributed by atoms with Gasteiger partial charge in [-0.15, -0.1) is 12.4 Å². The number of nitrogens with one attached hydrogen (secondary N) is 1. The molecule has 0 bridgehead atoms. The minimum absolute atomic E-state index is 0. The first-order valence-corrected chi connectivity index (χ1v) is 8.12. The highest BCUT2D eigenvalue weighted by Gasteiger charge is 2.26. The van der Waals surface area contributed by atoms with Gasteiger partial charge in [0.1, 0.15) is 0 Å². The van der Waals surface area contributed by atoms with E-state index in [-0.39, 0.29) is 18.2 Å². The molecule has 0 fully saturated rings. The lowest BCUT2D eigenvalue weighted by atomic mass is 9.94. The molecule has 0 amide bonds. The first-order valence-electron chi connectivity index (χ1n) is 8.12. The Balaban J connectivity index is 0.00000192. The number of hydrogen-bond donors (Lipinski definition) is 2. The maximum absolute atomic E-state index is 12.4. The fourth-order valence-electron chi connectivity index (χ4n) is 3.33. The van der Waals surface area contributed by atoms with Crippen LogP contribution >= 0.6 is 12.4 Å². The average Bonchev–Trinajstić information content (AvgIpc) is 2.81. The van der Waals surface area contributed by atoms with Crippen molar-refractivity contribution < 1.29 is 9.90 Å². The third kappa shape index (κ3) is 3.60. The minimum Gasteiger partial charge on any atom is -0.390 e. The van der Waals surface area contributed by atoms with E-state index in [1.807, 2.05) is 22.8 Å². The second-order valence-electron chi connectivity index (χ2n) is 6.45. The van der Waals surface area contributed by atoms with E-state index in [4.69, 9.17) is 0 Å². The number of carbonyl (C=O) groups excluding carboxylic acids is 1. The number of aliphatic hydroxyl groups excluding tert-OH is 1. The Labute approximate surface area is 143 Å². The predicted octanol–water partition coefficient (Wildman–Crippen LogP) is 2.94. The molecule has 2 N–H and O–H groups in total. The molecular weight excluding hydrogens is 312 g/mol. The highest BCUT2D eigenvalue weighted by Crippen LogP contribution is 2.32. The number of benzene rings is 1. The SMILES string of the molecule is CC(C)NCC(O)Cn1c2c(c3ccccc31)CCCC2=O.Cl. The van der Waals surface area contributed by atoms with E-state index in [1.165, 1.54) is 0 Å². The van der Waals surface area contributed by atoms with Gasteiger partial charge in [0.2, 0.25) is 0 Å². The molecule has 1 aliphatic carbocycles. The van der Waals surface area contributed by atoms with Crippen molar-refractivity contribution in [2.75, 3.05) is 6.54 Å². The third-order valence-electron chi connectivity index (χ3n) is 4.33.